The van der Waals surface area contributed by atoms with Crippen molar-refractivity contribution < 1.29 is 27.4 Å². The second kappa shape index (κ2) is 5.94. The highest BCUT2D eigenvalue weighted by Gasteiger charge is 2.45. The van der Waals surface area contributed by atoms with Crippen LogP contribution < -0.4 is 9.47 Å². The van der Waals surface area contributed by atoms with Crippen molar-refractivity contribution in [2.45, 2.75) is 38.1 Å². The number of carbonyl (C=O) groups is 1. The van der Waals surface area contributed by atoms with Gasteiger partial charge in [-0.25, -0.2) is 0 Å². The van der Waals surface area contributed by atoms with Crippen LogP contribution in [0.1, 0.15) is 19.8 Å². The van der Waals surface area contributed by atoms with Gasteiger partial charge in [0, 0.05) is 13.1 Å². The lowest BCUT2D eigenvalue weighted by atomic mass is 9.96. The van der Waals surface area contributed by atoms with E-state index >= 15 is 0 Å². The summed E-state index contributed by atoms with van der Waals surface area (Å²) in [5.74, 6) is -0.933. The van der Waals surface area contributed by atoms with Crippen molar-refractivity contribution in [2.24, 2.45) is 5.92 Å². The Kier molecular flexibility index (Phi) is 4.12. The number of amides is 1. The molecule has 1 fully saturated rings. The molecule has 2 aliphatic heterocycles. The molecule has 2 aliphatic rings. The van der Waals surface area contributed by atoms with E-state index in [9.17, 15) is 18.0 Å². The minimum absolute atomic E-state index is 0.0632. The van der Waals surface area contributed by atoms with Crippen molar-refractivity contribution in [3.63, 3.8) is 0 Å². The van der Waals surface area contributed by atoms with Gasteiger partial charge in [-0.3, -0.25) is 4.79 Å². The molecular formula is C16H18F3NO3. The van der Waals surface area contributed by atoms with Crippen LogP contribution in [-0.2, 0) is 4.79 Å². The zero-order valence-corrected chi connectivity index (χ0v) is 12.7. The Morgan fingerprint density at radius 2 is 1.87 bits per heavy atom. The minimum atomic E-state index is -4.28. The molecule has 0 aliphatic carbocycles. The first-order valence-corrected chi connectivity index (χ1v) is 7.64. The Balaban J connectivity index is 1.73. The zero-order valence-electron chi connectivity index (χ0n) is 12.7. The number of likely N-dealkylation sites (tertiary alicyclic amines) is 1. The number of ether oxygens (including phenoxy) is 2. The highest BCUT2D eigenvalue weighted by atomic mass is 19.4. The van der Waals surface area contributed by atoms with E-state index in [2.05, 4.69) is 0 Å². The molecule has 3 atom stereocenters. The zero-order chi connectivity index (χ0) is 16.6. The van der Waals surface area contributed by atoms with Crippen molar-refractivity contribution in [2.75, 3.05) is 13.1 Å². The van der Waals surface area contributed by atoms with Crippen LogP contribution >= 0.6 is 0 Å². The standard InChI is InChI=1S/C16H18F3NO3/c1-10-14(23-13-7-3-2-6-12(13)22-10)15(21)20-8-4-5-11(9-20)16(17,18)19/h2-3,6-7,10-11,14H,4-5,8-9H2,1H3. The fraction of sp³-hybridized carbons (Fsp3) is 0.562. The largest absolute Gasteiger partial charge is 0.482 e. The quantitative estimate of drug-likeness (QED) is 0.795. The average Bonchev–Trinajstić information content (AvgIpc) is 2.53. The Morgan fingerprint density at radius 1 is 1.22 bits per heavy atom. The molecule has 1 saturated heterocycles. The summed E-state index contributed by atoms with van der Waals surface area (Å²) in [6.45, 7) is 1.69. The molecule has 23 heavy (non-hydrogen) atoms. The number of rotatable bonds is 1. The van der Waals surface area contributed by atoms with E-state index in [1.807, 2.05) is 0 Å². The first kappa shape index (κ1) is 16.0. The number of carbonyl (C=O) groups excluding carboxylic acids is 1. The first-order chi connectivity index (χ1) is 10.9. The summed E-state index contributed by atoms with van der Waals surface area (Å²) in [4.78, 5) is 13.8. The number of alkyl halides is 3. The summed E-state index contributed by atoms with van der Waals surface area (Å²) < 4.78 is 50.0. The van der Waals surface area contributed by atoms with Crippen LogP contribution in [-0.4, -0.2) is 42.3 Å². The lowest BCUT2D eigenvalue weighted by Crippen LogP contribution is -2.54. The van der Waals surface area contributed by atoms with Gasteiger partial charge >= 0.3 is 6.18 Å². The third kappa shape index (κ3) is 3.23. The molecule has 4 nitrogen and oxygen atoms in total. The number of nitrogens with zero attached hydrogens (tertiary/aromatic N) is 1. The van der Waals surface area contributed by atoms with Crippen molar-refractivity contribution in [1.82, 2.24) is 4.90 Å². The van der Waals surface area contributed by atoms with Crippen LogP contribution in [0, 0.1) is 5.92 Å². The maximum Gasteiger partial charge on any atom is 0.393 e. The van der Waals surface area contributed by atoms with Crippen molar-refractivity contribution >= 4 is 5.91 Å². The summed E-state index contributed by atoms with van der Waals surface area (Å²) in [6, 6.07) is 6.94. The van der Waals surface area contributed by atoms with Crippen LogP contribution in [0.15, 0.2) is 24.3 Å². The minimum Gasteiger partial charge on any atom is -0.482 e. The summed E-state index contributed by atoms with van der Waals surface area (Å²) in [5.41, 5.74) is 0. The molecule has 1 aromatic rings. The van der Waals surface area contributed by atoms with Gasteiger partial charge in [0.25, 0.3) is 5.91 Å². The van der Waals surface area contributed by atoms with Gasteiger partial charge in [-0.1, -0.05) is 12.1 Å². The Bertz CT molecular complexity index is 590. The highest BCUT2D eigenvalue weighted by molar-refractivity contribution is 5.82. The van der Waals surface area contributed by atoms with Gasteiger partial charge in [0.2, 0.25) is 6.10 Å². The van der Waals surface area contributed by atoms with Gasteiger partial charge in [-0.15, -0.1) is 0 Å². The summed E-state index contributed by atoms with van der Waals surface area (Å²) >= 11 is 0. The third-order valence-electron chi connectivity index (χ3n) is 4.28. The van der Waals surface area contributed by atoms with Gasteiger partial charge in [0.15, 0.2) is 11.5 Å². The smallest absolute Gasteiger partial charge is 0.393 e. The van der Waals surface area contributed by atoms with E-state index < -0.39 is 30.2 Å². The van der Waals surface area contributed by atoms with Crippen LogP contribution in [0.3, 0.4) is 0 Å². The van der Waals surface area contributed by atoms with Gasteiger partial charge in [0.1, 0.15) is 6.10 Å². The molecule has 0 aromatic heterocycles. The van der Waals surface area contributed by atoms with E-state index in [0.29, 0.717) is 24.5 Å². The van der Waals surface area contributed by atoms with Gasteiger partial charge in [0.05, 0.1) is 5.92 Å². The van der Waals surface area contributed by atoms with Crippen LogP contribution in [0.5, 0.6) is 11.5 Å². The monoisotopic (exact) mass is 329 g/mol. The maximum absolute atomic E-state index is 12.9. The molecule has 0 radical (unpaired) electrons. The highest BCUT2D eigenvalue weighted by Crippen LogP contribution is 2.36. The lowest BCUT2D eigenvalue weighted by molar-refractivity contribution is -0.190. The Morgan fingerprint density at radius 3 is 2.52 bits per heavy atom. The van der Waals surface area contributed by atoms with E-state index in [4.69, 9.17) is 9.47 Å². The second-order valence-electron chi connectivity index (χ2n) is 5.97. The summed E-state index contributed by atoms with van der Waals surface area (Å²) in [6.07, 6.45) is -5.34. The molecule has 126 valence electrons. The van der Waals surface area contributed by atoms with E-state index in [1.165, 1.54) is 4.90 Å². The number of hydrogen-bond donors (Lipinski definition) is 0. The predicted octanol–water partition coefficient (Wildman–Crippen LogP) is 3.02. The lowest BCUT2D eigenvalue weighted by Gasteiger charge is -2.38. The van der Waals surface area contributed by atoms with Gasteiger partial charge in [-0.05, 0) is 31.9 Å². The molecule has 0 N–H and O–H groups in total. The first-order valence-electron chi connectivity index (χ1n) is 7.64. The molecule has 0 saturated carbocycles. The van der Waals surface area contributed by atoms with Gasteiger partial charge in [-0.2, -0.15) is 13.2 Å². The van der Waals surface area contributed by atoms with Crippen LogP contribution in [0.2, 0.25) is 0 Å². The number of hydrogen-bond acceptors (Lipinski definition) is 3. The van der Waals surface area contributed by atoms with E-state index in [1.54, 1.807) is 31.2 Å². The molecule has 3 unspecified atom stereocenters. The molecular weight excluding hydrogens is 311 g/mol. The fourth-order valence-corrected chi connectivity index (χ4v) is 3.02. The molecule has 7 heteroatoms. The van der Waals surface area contributed by atoms with Crippen molar-refractivity contribution in [1.29, 1.82) is 0 Å². The van der Waals surface area contributed by atoms with E-state index in [-0.39, 0.29) is 13.0 Å². The third-order valence-corrected chi connectivity index (χ3v) is 4.28. The maximum atomic E-state index is 12.9. The second-order valence-corrected chi connectivity index (χ2v) is 5.97. The molecule has 2 heterocycles. The fourth-order valence-electron chi connectivity index (χ4n) is 3.02. The molecule has 1 aromatic carbocycles. The van der Waals surface area contributed by atoms with Crippen molar-refractivity contribution in [3.05, 3.63) is 24.3 Å². The number of fused-ring (bicyclic) bond motifs is 1. The molecule has 3 rings (SSSR count). The van der Waals surface area contributed by atoms with Gasteiger partial charge < -0.3 is 14.4 Å². The number of halogens is 3. The van der Waals surface area contributed by atoms with Crippen molar-refractivity contribution in [3.8, 4) is 11.5 Å². The summed E-state index contributed by atoms with van der Waals surface area (Å²) in [5, 5.41) is 0. The number of benzene rings is 1. The number of piperidine rings is 1. The average molecular weight is 329 g/mol. The van der Waals surface area contributed by atoms with E-state index in [0.717, 1.165) is 0 Å². The normalized spacial score (nSPS) is 27.7. The van der Waals surface area contributed by atoms with Crippen LogP contribution in [0.25, 0.3) is 0 Å². The van der Waals surface area contributed by atoms with Crippen LogP contribution in [0.4, 0.5) is 13.2 Å². The molecule has 0 bridgehead atoms. The summed E-state index contributed by atoms with van der Waals surface area (Å²) in [7, 11) is 0. The molecule has 1 amide bonds. The Labute approximate surface area is 132 Å². The Hall–Kier alpha value is -1.92. The predicted molar refractivity (Wildman–Crippen MR) is 76.3 cm³/mol. The SMILES string of the molecule is CC1Oc2ccccc2OC1C(=O)N1CCCC(C(F)(F)F)C1. The number of para-hydroxylation sites is 2. The molecule has 0 spiro atoms. The topological polar surface area (TPSA) is 38.8 Å².